The van der Waals surface area contributed by atoms with Crippen molar-refractivity contribution in [3.05, 3.63) is 71.8 Å². The molecule has 0 atom stereocenters. The lowest BCUT2D eigenvalue weighted by Crippen LogP contribution is -2.23. The van der Waals surface area contributed by atoms with Gasteiger partial charge in [0.15, 0.2) is 0 Å². The van der Waals surface area contributed by atoms with Crippen molar-refractivity contribution in [2.45, 2.75) is 6.54 Å². The molecule has 114 valence electrons. The topological polar surface area (TPSA) is 61.4 Å². The van der Waals surface area contributed by atoms with Gasteiger partial charge >= 0.3 is 0 Å². The number of rotatable bonds is 6. The Morgan fingerprint density at radius 1 is 1.18 bits per heavy atom. The number of carbonyl (C=O) groups excluding carboxylic acids is 1. The van der Waals surface area contributed by atoms with Crippen molar-refractivity contribution in [1.29, 1.82) is 0 Å². The minimum Gasteiger partial charge on any atom is -0.508 e. The first-order valence-corrected chi connectivity index (χ1v) is 7.97. The smallest absolute Gasteiger partial charge is 0.253 e. The third-order valence-electron chi connectivity index (χ3n) is 3.12. The SMILES string of the molecule is C=C(O)c1ccc(CNC(=O)c2ccccc2NSC)cc1. The zero-order valence-corrected chi connectivity index (χ0v) is 13.1. The standard InChI is InChI=1S/C17H18N2O2S/c1-12(20)14-9-7-13(8-10-14)11-18-17(21)15-5-3-4-6-16(15)19-22-2/h3-10,19-20H,1,11H2,2H3,(H,18,21). The molecule has 0 radical (unpaired) electrons. The molecule has 2 aromatic rings. The Hall–Kier alpha value is -2.40. The number of amides is 1. The number of nitrogens with one attached hydrogen (secondary N) is 2. The van der Waals surface area contributed by atoms with Crippen LogP contribution in [0.4, 0.5) is 5.69 Å². The van der Waals surface area contributed by atoms with Crippen LogP contribution in [0.25, 0.3) is 5.76 Å². The van der Waals surface area contributed by atoms with Crippen LogP contribution in [0.2, 0.25) is 0 Å². The van der Waals surface area contributed by atoms with Crippen molar-refractivity contribution in [3.63, 3.8) is 0 Å². The van der Waals surface area contributed by atoms with Gasteiger partial charge in [-0.05, 0) is 17.7 Å². The second kappa shape index (κ2) is 7.56. The molecule has 0 bridgehead atoms. The van der Waals surface area contributed by atoms with Gasteiger partial charge in [-0.25, -0.2) is 0 Å². The molecular weight excluding hydrogens is 296 g/mol. The quantitative estimate of drug-likeness (QED) is 0.560. The lowest BCUT2D eigenvalue weighted by atomic mass is 10.1. The number of benzene rings is 2. The lowest BCUT2D eigenvalue weighted by molar-refractivity contribution is 0.0952. The summed E-state index contributed by atoms with van der Waals surface area (Å²) in [6.45, 7) is 3.89. The molecule has 2 aromatic carbocycles. The third kappa shape index (κ3) is 4.05. The van der Waals surface area contributed by atoms with E-state index in [2.05, 4.69) is 16.6 Å². The summed E-state index contributed by atoms with van der Waals surface area (Å²) in [7, 11) is 0. The van der Waals surface area contributed by atoms with Gasteiger partial charge in [0.05, 0.1) is 11.3 Å². The third-order valence-corrected chi connectivity index (χ3v) is 3.55. The summed E-state index contributed by atoms with van der Waals surface area (Å²) in [5, 5.41) is 12.2. The van der Waals surface area contributed by atoms with Crippen molar-refractivity contribution in [2.24, 2.45) is 0 Å². The van der Waals surface area contributed by atoms with Crippen molar-refractivity contribution in [3.8, 4) is 0 Å². The summed E-state index contributed by atoms with van der Waals surface area (Å²) >= 11 is 1.44. The number of aliphatic hydroxyl groups excluding tert-OH is 1. The molecule has 0 spiro atoms. The fourth-order valence-corrected chi connectivity index (χ4v) is 2.37. The Bertz CT molecular complexity index is 669. The van der Waals surface area contributed by atoms with E-state index in [1.165, 1.54) is 11.9 Å². The predicted octanol–water partition coefficient (Wildman–Crippen LogP) is 3.84. The molecule has 0 heterocycles. The van der Waals surface area contributed by atoms with Gasteiger partial charge < -0.3 is 15.1 Å². The molecule has 2 rings (SSSR count). The number of carbonyl (C=O) groups is 1. The fourth-order valence-electron chi connectivity index (χ4n) is 1.97. The molecule has 4 nitrogen and oxygen atoms in total. The van der Waals surface area contributed by atoms with Crippen molar-refractivity contribution >= 4 is 29.3 Å². The van der Waals surface area contributed by atoms with E-state index in [9.17, 15) is 9.90 Å². The van der Waals surface area contributed by atoms with Crippen LogP contribution in [0.15, 0.2) is 55.1 Å². The predicted molar refractivity (Wildman–Crippen MR) is 92.9 cm³/mol. The van der Waals surface area contributed by atoms with Gasteiger partial charge in [0.2, 0.25) is 0 Å². The van der Waals surface area contributed by atoms with Crippen molar-refractivity contribution in [2.75, 3.05) is 11.0 Å². The first-order chi connectivity index (χ1) is 10.6. The number of anilines is 1. The number of hydrogen-bond acceptors (Lipinski definition) is 4. The monoisotopic (exact) mass is 314 g/mol. The zero-order valence-electron chi connectivity index (χ0n) is 12.3. The van der Waals surface area contributed by atoms with E-state index in [0.29, 0.717) is 17.7 Å². The molecule has 3 N–H and O–H groups in total. The van der Waals surface area contributed by atoms with Crippen LogP contribution in [-0.2, 0) is 6.54 Å². The minimum absolute atomic E-state index is 0.0349. The largest absolute Gasteiger partial charge is 0.508 e. The summed E-state index contributed by atoms with van der Waals surface area (Å²) in [4.78, 5) is 12.3. The van der Waals surface area contributed by atoms with Gasteiger partial charge in [-0.15, -0.1) is 0 Å². The van der Waals surface area contributed by atoms with E-state index >= 15 is 0 Å². The van der Waals surface area contributed by atoms with Gasteiger partial charge in [-0.3, -0.25) is 4.79 Å². The van der Waals surface area contributed by atoms with Crippen molar-refractivity contribution < 1.29 is 9.90 Å². The van der Waals surface area contributed by atoms with E-state index in [-0.39, 0.29) is 11.7 Å². The molecule has 0 saturated heterocycles. The van der Waals surface area contributed by atoms with E-state index < -0.39 is 0 Å². The Morgan fingerprint density at radius 3 is 2.50 bits per heavy atom. The molecule has 0 unspecified atom stereocenters. The average Bonchev–Trinajstić information content (AvgIpc) is 2.54. The molecule has 0 saturated carbocycles. The van der Waals surface area contributed by atoms with Crippen LogP contribution in [0.1, 0.15) is 21.5 Å². The highest BCUT2D eigenvalue weighted by atomic mass is 32.2. The molecule has 1 amide bonds. The Balaban J connectivity index is 2.02. The highest BCUT2D eigenvalue weighted by Crippen LogP contribution is 2.18. The van der Waals surface area contributed by atoms with Crippen LogP contribution in [0.3, 0.4) is 0 Å². The fraction of sp³-hybridized carbons (Fsp3) is 0.118. The molecule has 22 heavy (non-hydrogen) atoms. The minimum atomic E-state index is -0.132. The highest BCUT2D eigenvalue weighted by molar-refractivity contribution is 7.99. The average molecular weight is 314 g/mol. The number of aliphatic hydroxyl groups is 1. The van der Waals surface area contributed by atoms with Crippen LogP contribution in [0.5, 0.6) is 0 Å². The summed E-state index contributed by atoms with van der Waals surface area (Å²) in [5.41, 5.74) is 3.02. The zero-order chi connectivity index (χ0) is 15.9. The summed E-state index contributed by atoms with van der Waals surface area (Å²) in [6.07, 6.45) is 1.91. The first-order valence-electron chi connectivity index (χ1n) is 6.75. The van der Waals surface area contributed by atoms with E-state index in [4.69, 9.17) is 0 Å². The van der Waals surface area contributed by atoms with E-state index in [1.807, 2.05) is 36.6 Å². The molecule has 0 aromatic heterocycles. The van der Waals surface area contributed by atoms with Gasteiger partial charge in [-0.1, -0.05) is 54.9 Å². The van der Waals surface area contributed by atoms with E-state index in [1.54, 1.807) is 18.2 Å². The van der Waals surface area contributed by atoms with Crippen LogP contribution in [0, 0.1) is 0 Å². The Labute approximate surface area is 134 Å². The second-order valence-corrected chi connectivity index (χ2v) is 5.29. The maximum Gasteiger partial charge on any atom is 0.253 e. The van der Waals surface area contributed by atoms with Crippen molar-refractivity contribution in [1.82, 2.24) is 5.32 Å². The number of para-hydroxylation sites is 1. The Morgan fingerprint density at radius 2 is 1.86 bits per heavy atom. The van der Waals surface area contributed by atoms with Gasteiger partial charge in [0.1, 0.15) is 5.76 Å². The first kappa shape index (κ1) is 16.0. The van der Waals surface area contributed by atoms with E-state index in [0.717, 1.165) is 11.3 Å². The van der Waals surface area contributed by atoms with Crippen LogP contribution >= 0.6 is 11.9 Å². The molecule has 0 fully saturated rings. The maximum absolute atomic E-state index is 12.3. The second-order valence-electron chi connectivity index (χ2n) is 4.68. The van der Waals surface area contributed by atoms with Crippen LogP contribution in [-0.4, -0.2) is 17.3 Å². The number of hydrogen-bond donors (Lipinski definition) is 3. The maximum atomic E-state index is 12.3. The summed E-state index contributed by atoms with van der Waals surface area (Å²) in [5.74, 6) is -0.0968. The lowest BCUT2D eigenvalue weighted by Gasteiger charge is -2.10. The van der Waals surface area contributed by atoms with Gasteiger partial charge in [0, 0.05) is 18.4 Å². The normalized spacial score (nSPS) is 10.0. The highest BCUT2D eigenvalue weighted by Gasteiger charge is 2.10. The summed E-state index contributed by atoms with van der Waals surface area (Å²) < 4.78 is 3.09. The molecule has 5 heteroatoms. The Kier molecular flexibility index (Phi) is 5.49. The van der Waals surface area contributed by atoms with Gasteiger partial charge in [-0.2, -0.15) is 0 Å². The van der Waals surface area contributed by atoms with Gasteiger partial charge in [0.25, 0.3) is 5.91 Å². The summed E-state index contributed by atoms with van der Waals surface area (Å²) in [6, 6.07) is 14.6. The molecule has 0 aliphatic carbocycles. The molecular formula is C17H18N2O2S. The molecule has 0 aliphatic heterocycles. The molecule has 0 aliphatic rings. The van der Waals surface area contributed by atoms with Crippen LogP contribution < -0.4 is 10.0 Å².